The molecule has 9 aromatic carbocycles. The first-order valence-corrected chi connectivity index (χ1v) is 22.5. The maximum absolute atomic E-state index is 7.50. The molecule has 0 spiro atoms. The van der Waals surface area contributed by atoms with Gasteiger partial charge < -0.3 is 13.7 Å². The summed E-state index contributed by atoms with van der Waals surface area (Å²) in [6.07, 6.45) is 0.910. The van der Waals surface area contributed by atoms with Gasteiger partial charge in [0.1, 0.15) is 16.7 Å². The van der Waals surface area contributed by atoms with Gasteiger partial charge in [0.05, 0.1) is 5.69 Å². The largest absolute Gasteiger partial charge is 0.456 e. The van der Waals surface area contributed by atoms with E-state index < -0.39 is 0 Å². The standard InChI is InChI=1S/C61H43NO2/c1-60(2)49-20-10-7-16-42(49)44-27-24-36(32-51(44)60)56-57-47-18-9-12-23-54(47)63-55(57)34-48-46-19-13-22-53(58(46)64-59(48)56)62(38-25-28-41-37(31-38)30-35-14-5-6-15-40(35)41)39-26-29-45-43-17-8-11-21-50(43)61(3,4)52(45)33-39/h5-29,31-34H,30H2,1-4H3. The lowest BCUT2D eigenvalue weighted by molar-refractivity contribution is 0.659. The molecule has 64 heavy (non-hydrogen) atoms. The first kappa shape index (κ1) is 35.9. The Bertz CT molecular complexity index is 3840. The Kier molecular flexibility index (Phi) is 7.03. The van der Waals surface area contributed by atoms with Crippen LogP contribution in [-0.2, 0) is 17.3 Å². The van der Waals surface area contributed by atoms with E-state index in [2.05, 4.69) is 209 Å². The lowest BCUT2D eigenvalue weighted by Crippen LogP contribution is -2.16. The predicted octanol–water partition coefficient (Wildman–Crippen LogP) is 16.8. The highest BCUT2D eigenvalue weighted by Crippen LogP contribution is 2.55. The maximum Gasteiger partial charge on any atom is 0.159 e. The molecular formula is C61H43NO2. The van der Waals surface area contributed by atoms with Gasteiger partial charge in [0.15, 0.2) is 5.58 Å². The molecule has 11 aromatic rings. The monoisotopic (exact) mass is 821 g/mol. The lowest BCUT2D eigenvalue weighted by atomic mass is 9.81. The van der Waals surface area contributed by atoms with E-state index >= 15 is 0 Å². The summed E-state index contributed by atoms with van der Waals surface area (Å²) in [6, 6.07) is 64.9. The fourth-order valence-electron chi connectivity index (χ4n) is 12.0. The van der Waals surface area contributed by atoms with Crippen LogP contribution in [0.1, 0.15) is 61.1 Å². The van der Waals surface area contributed by atoms with E-state index in [1.165, 1.54) is 66.8 Å². The molecule has 2 aromatic heterocycles. The van der Waals surface area contributed by atoms with Crippen molar-refractivity contribution in [3.8, 4) is 44.5 Å². The molecule has 304 valence electrons. The number of hydrogen-bond donors (Lipinski definition) is 0. The van der Waals surface area contributed by atoms with E-state index in [1.54, 1.807) is 0 Å². The third-order valence-corrected chi connectivity index (χ3v) is 15.1. The summed E-state index contributed by atoms with van der Waals surface area (Å²) in [5.74, 6) is 0. The van der Waals surface area contributed by atoms with Crippen molar-refractivity contribution in [3.05, 3.63) is 209 Å². The molecule has 14 rings (SSSR count). The van der Waals surface area contributed by atoms with Gasteiger partial charge in [-0.2, -0.15) is 0 Å². The van der Waals surface area contributed by atoms with Crippen LogP contribution in [0.25, 0.3) is 88.4 Å². The lowest BCUT2D eigenvalue weighted by Gasteiger charge is -2.28. The molecule has 0 radical (unpaired) electrons. The van der Waals surface area contributed by atoms with Gasteiger partial charge in [-0.3, -0.25) is 0 Å². The number of anilines is 3. The van der Waals surface area contributed by atoms with Crippen molar-refractivity contribution in [2.75, 3.05) is 4.90 Å². The molecule has 0 aliphatic heterocycles. The van der Waals surface area contributed by atoms with Crippen LogP contribution >= 0.6 is 0 Å². The highest BCUT2D eigenvalue weighted by Gasteiger charge is 2.38. The molecule has 0 N–H and O–H groups in total. The van der Waals surface area contributed by atoms with Gasteiger partial charge in [0.25, 0.3) is 0 Å². The number of para-hydroxylation sites is 2. The fourth-order valence-corrected chi connectivity index (χ4v) is 12.0. The Labute approximate surface area is 371 Å². The quantitative estimate of drug-likeness (QED) is 0.177. The van der Waals surface area contributed by atoms with Gasteiger partial charge in [0, 0.05) is 49.3 Å². The minimum atomic E-state index is -0.157. The van der Waals surface area contributed by atoms with Crippen molar-refractivity contribution in [2.45, 2.75) is 44.9 Å². The number of fused-ring (bicyclic) bond motifs is 15. The second-order valence-corrected chi connectivity index (χ2v) is 19.2. The molecule has 3 aliphatic carbocycles. The fraction of sp³-hybridized carbons (Fsp3) is 0.115. The van der Waals surface area contributed by atoms with E-state index in [0.717, 1.165) is 78.5 Å². The van der Waals surface area contributed by atoms with E-state index in [9.17, 15) is 0 Å². The third-order valence-electron chi connectivity index (χ3n) is 15.1. The number of nitrogens with zero attached hydrogens (tertiary/aromatic N) is 1. The second-order valence-electron chi connectivity index (χ2n) is 19.2. The Balaban J connectivity index is 1.03. The minimum Gasteiger partial charge on any atom is -0.456 e. The van der Waals surface area contributed by atoms with Crippen molar-refractivity contribution in [3.63, 3.8) is 0 Å². The van der Waals surface area contributed by atoms with Gasteiger partial charge in [-0.15, -0.1) is 0 Å². The number of benzene rings is 9. The topological polar surface area (TPSA) is 29.5 Å². The number of rotatable bonds is 4. The average Bonchev–Trinajstić information content (AvgIpc) is 4.10. The molecule has 3 nitrogen and oxygen atoms in total. The van der Waals surface area contributed by atoms with Crippen LogP contribution in [-0.4, -0.2) is 0 Å². The predicted molar refractivity (Wildman–Crippen MR) is 264 cm³/mol. The third kappa shape index (κ3) is 4.71. The Morgan fingerprint density at radius 2 is 1.00 bits per heavy atom. The Morgan fingerprint density at radius 3 is 1.78 bits per heavy atom. The van der Waals surface area contributed by atoms with Crippen LogP contribution in [0.15, 0.2) is 185 Å². The molecule has 0 saturated carbocycles. The Hall–Kier alpha value is -7.62. The van der Waals surface area contributed by atoms with Crippen LogP contribution in [0, 0.1) is 0 Å². The SMILES string of the molecule is CC1(C)c2ccccc2-c2ccc(-c3c4oc5c(N(c6ccc7c(c6)Cc6ccccc6-7)c6ccc7c(c6)C(C)(C)c6ccccc6-7)cccc5c4cc4oc5ccccc5c34)cc21. The van der Waals surface area contributed by atoms with Gasteiger partial charge in [-0.25, -0.2) is 0 Å². The molecule has 0 saturated heterocycles. The minimum absolute atomic E-state index is 0.155. The van der Waals surface area contributed by atoms with Gasteiger partial charge in [0.2, 0.25) is 0 Å². The average molecular weight is 822 g/mol. The van der Waals surface area contributed by atoms with Crippen molar-refractivity contribution >= 4 is 60.9 Å². The number of hydrogen-bond acceptors (Lipinski definition) is 3. The van der Waals surface area contributed by atoms with Gasteiger partial charge in [-0.1, -0.05) is 155 Å². The summed E-state index contributed by atoms with van der Waals surface area (Å²) in [5, 5.41) is 4.25. The van der Waals surface area contributed by atoms with E-state index in [4.69, 9.17) is 8.83 Å². The molecule has 0 atom stereocenters. The van der Waals surface area contributed by atoms with Gasteiger partial charge in [-0.05, 0) is 127 Å². The first-order valence-electron chi connectivity index (χ1n) is 22.5. The molecule has 0 unspecified atom stereocenters. The zero-order valence-corrected chi connectivity index (χ0v) is 36.2. The zero-order valence-electron chi connectivity index (χ0n) is 36.2. The maximum atomic E-state index is 7.50. The summed E-state index contributed by atoms with van der Waals surface area (Å²) in [4.78, 5) is 2.43. The smallest absolute Gasteiger partial charge is 0.159 e. The molecular weight excluding hydrogens is 779 g/mol. The second kappa shape index (κ2) is 12.5. The highest BCUT2D eigenvalue weighted by atomic mass is 16.3. The van der Waals surface area contributed by atoms with Crippen molar-refractivity contribution in [1.29, 1.82) is 0 Å². The summed E-state index contributed by atoms with van der Waals surface area (Å²) < 4.78 is 14.2. The van der Waals surface area contributed by atoms with Crippen molar-refractivity contribution < 1.29 is 8.83 Å². The van der Waals surface area contributed by atoms with Gasteiger partial charge >= 0.3 is 0 Å². The normalized spacial score (nSPS) is 14.8. The van der Waals surface area contributed by atoms with Crippen LogP contribution in [0.5, 0.6) is 0 Å². The van der Waals surface area contributed by atoms with Crippen LogP contribution in [0.2, 0.25) is 0 Å². The first-order chi connectivity index (χ1) is 31.2. The molecule has 3 aliphatic rings. The van der Waals surface area contributed by atoms with E-state index in [-0.39, 0.29) is 10.8 Å². The van der Waals surface area contributed by atoms with Crippen molar-refractivity contribution in [1.82, 2.24) is 0 Å². The summed E-state index contributed by atoms with van der Waals surface area (Å²) in [7, 11) is 0. The van der Waals surface area contributed by atoms with Crippen molar-refractivity contribution in [2.24, 2.45) is 0 Å². The van der Waals surface area contributed by atoms with Crippen LogP contribution < -0.4 is 4.90 Å². The molecule has 0 fully saturated rings. The van der Waals surface area contributed by atoms with E-state index in [0.29, 0.717) is 0 Å². The Morgan fingerprint density at radius 1 is 0.406 bits per heavy atom. The zero-order chi connectivity index (χ0) is 42.6. The summed E-state index contributed by atoms with van der Waals surface area (Å²) >= 11 is 0. The molecule has 0 bridgehead atoms. The van der Waals surface area contributed by atoms with Crippen LogP contribution in [0.3, 0.4) is 0 Å². The molecule has 0 amide bonds. The number of furan rings is 2. The summed E-state index contributed by atoms with van der Waals surface area (Å²) in [6.45, 7) is 9.42. The summed E-state index contributed by atoms with van der Waals surface area (Å²) in [5.41, 5.74) is 24.5. The van der Waals surface area contributed by atoms with Crippen LogP contribution in [0.4, 0.5) is 17.1 Å². The molecule has 3 heteroatoms. The molecule has 2 heterocycles. The van der Waals surface area contributed by atoms with E-state index in [1.807, 2.05) is 0 Å². The highest BCUT2D eigenvalue weighted by molar-refractivity contribution is 6.24.